The fourth-order valence-corrected chi connectivity index (χ4v) is 1.78. The Balaban J connectivity index is 2.64. The molecule has 0 aliphatic rings. The number of aryl methyl sites for hydroxylation is 1. The third-order valence-electron chi connectivity index (χ3n) is 2.70. The number of rotatable bonds is 3. The molecule has 0 heterocycles. The lowest BCUT2D eigenvalue weighted by Crippen LogP contribution is -2.32. The van der Waals surface area contributed by atoms with Crippen LogP contribution >= 0.6 is 0 Å². The molecule has 6 nitrogen and oxygen atoms in total. The smallest absolute Gasteiger partial charge is 0.407 e. The number of hydrogen-bond donors (Lipinski definition) is 3. The van der Waals surface area contributed by atoms with Gasteiger partial charge in [0.25, 0.3) is 0 Å². The number of carbonyl (C=O) groups is 2. The molecule has 1 rings (SSSR count). The van der Waals surface area contributed by atoms with Gasteiger partial charge in [-0.3, -0.25) is 0 Å². The highest BCUT2D eigenvalue weighted by molar-refractivity contribution is 5.95. The van der Waals surface area contributed by atoms with Crippen LogP contribution in [0.3, 0.4) is 0 Å². The van der Waals surface area contributed by atoms with Crippen molar-refractivity contribution in [2.45, 2.75) is 39.7 Å². The predicted molar refractivity (Wildman–Crippen MR) is 88.3 cm³/mol. The third-order valence-corrected chi connectivity index (χ3v) is 2.70. The molecule has 1 amide bonds. The maximum atomic E-state index is 11.4. The molecule has 6 heteroatoms. The minimum Gasteiger partial charge on any atom is -0.478 e. The number of ether oxygens (including phenoxy) is 1. The number of anilines is 1. The van der Waals surface area contributed by atoms with Crippen LogP contribution in [0.5, 0.6) is 0 Å². The predicted octanol–water partition coefficient (Wildman–Crippen LogP) is 2.54. The molecule has 0 bridgehead atoms. The average molecular weight is 318 g/mol. The van der Waals surface area contributed by atoms with Gasteiger partial charge in [0.15, 0.2) is 0 Å². The van der Waals surface area contributed by atoms with Gasteiger partial charge in [-0.2, -0.15) is 0 Å². The fourth-order valence-electron chi connectivity index (χ4n) is 1.78. The molecule has 0 aliphatic carbocycles. The van der Waals surface area contributed by atoms with Crippen molar-refractivity contribution in [3.05, 3.63) is 28.8 Å². The molecule has 1 aromatic rings. The summed E-state index contributed by atoms with van der Waals surface area (Å²) in [6.07, 6.45) is -0.0998. The Bertz CT molecular complexity index is 664. The van der Waals surface area contributed by atoms with Gasteiger partial charge in [-0.15, -0.1) is 0 Å². The lowest BCUT2D eigenvalue weighted by Gasteiger charge is -2.19. The van der Waals surface area contributed by atoms with E-state index in [1.165, 1.54) is 6.07 Å². The number of nitrogen functional groups attached to an aromatic ring is 1. The van der Waals surface area contributed by atoms with Crippen LogP contribution in [0.1, 0.15) is 48.7 Å². The molecule has 0 saturated carbocycles. The van der Waals surface area contributed by atoms with E-state index < -0.39 is 17.7 Å². The fraction of sp³-hybridized carbons (Fsp3) is 0.412. The molecule has 0 fully saturated rings. The number of nitrogens with one attached hydrogen (secondary N) is 1. The van der Waals surface area contributed by atoms with E-state index in [0.29, 0.717) is 18.5 Å². The van der Waals surface area contributed by atoms with Crippen molar-refractivity contribution in [1.82, 2.24) is 5.32 Å². The Morgan fingerprint density at radius 2 is 2.00 bits per heavy atom. The number of carboxylic acid groups (broad SMARTS) is 1. The minimum atomic E-state index is -1.08. The Labute approximate surface area is 136 Å². The van der Waals surface area contributed by atoms with Gasteiger partial charge in [-0.05, 0) is 45.4 Å². The Morgan fingerprint density at radius 3 is 2.57 bits per heavy atom. The molecule has 0 atom stereocenters. The second-order valence-electron chi connectivity index (χ2n) is 6.06. The van der Waals surface area contributed by atoms with E-state index in [2.05, 4.69) is 17.2 Å². The van der Waals surface area contributed by atoms with Crippen molar-refractivity contribution in [3.8, 4) is 11.8 Å². The zero-order valence-corrected chi connectivity index (χ0v) is 13.8. The normalized spacial score (nSPS) is 10.4. The molecule has 0 aromatic heterocycles. The maximum absolute atomic E-state index is 11.4. The summed E-state index contributed by atoms with van der Waals surface area (Å²) in [5.74, 6) is 4.62. The van der Waals surface area contributed by atoms with Gasteiger partial charge in [0.1, 0.15) is 5.60 Å². The number of hydrogen-bond acceptors (Lipinski definition) is 4. The summed E-state index contributed by atoms with van der Waals surface area (Å²) in [4.78, 5) is 22.5. The van der Waals surface area contributed by atoms with E-state index in [0.717, 1.165) is 5.56 Å². The summed E-state index contributed by atoms with van der Waals surface area (Å²) >= 11 is 0. The lowest BCUT2D eigenvalue weighted by molar-refractivity contribution is 0.0528. The van der Waals surface area contributed by atoms with Crippen molar-refractivity contribution in [2.75, 3.05) is 12.3 Å². The summed E-state index contributed by atoms with van der Waals surface area (Å²) in [7, 11) is 0. The van der Waals surface area contributed by atoms with Gasteiger partial charge in [0, 0.05) is 18.5 Å². The number of aromatic carboxylic acids is 1. The summed E-state index contributed by atoms with van der Waals surface area (Å²) in [6, 6.07) is 3.24. The first-order valence-electron chi connectivity index (χ1n) is 7.19. The molecule has 0 radical (unpaired) electrons. The van der Waals surface area contributed by atoms with Crippen LogP contribution in [0.15, 0.2) is 12.1 Å². The summed E-state index contributed by atoms with van der Waals surface area (Å²) in [6.45, 7) is 7.47. The van der Waals surface area contributed by atoms with Gasteiger partial charge in [-0.25, -0.2) is 9.59 Å². The monoisotopic (exact) mass is 318 g/mol. The van der Waals surface area contributed by atoms with Crippen molar-refractivity contribution >= 4 is 17.7 Å². The van der Waals surface area contributed by atoms with E-state index in [1.807, 2.05) is 0 Å². The zero-order valence-electron chi connectivity index (χ0n) is 13.8. The van der Waals surface area contributed by atoms with E-state index >= 15 is 0 Å². The third kappa shape index (κ3) is 6.30. The highest BCUT2D eigenvalue weighted by Gasteiger charge is 2.15. The standard InChI is InChI=1S/C17H22N2O4/c1-11-9-12(14(18)13(10-11)15(20)21)7-5-6-8-19-16(22)23-17(2,3)4/h9-10H,6,8,18H2,1-4H3,(H,19,22)(H,20,21). The first-order chi connectivity index (χ1) is 10.6. The quantitative estimate of drug-likeness (QED) is 0.451. The molecule has 23 heavy (non-hydrogen) atoms. The van der Waals surface area contributed by atoms with Crippen LogP contribution in [0.4, 0.5) is 10.5 Å². The van der Waals surface area contributed by atoms with E-state index in [1.54, 1.807) is 33.8 Å². The molecule has 0 unspecified atom stereocenters. The number of amides is 1. The molecular formula is C17H22N2O4. The van der Waals surface area contributed by atoms with Crippen LogP contribution in [-0.2, 0) is 4.74 Å². The summed E-state index contributed by atoms with van der Waals surface area (Å²) in [5, 5.41) is 11.7. The molecule has 124 valence electrons. The van der Waals surface area contributed by atoms with E-state index in [9.17, 15) is 9.59 Å². The largest absolute Gasteiger partial charge is 0.478 e. The highest BCUT2D eigenvalue weighted by Crippen LogP contribution is 2.19. The van der Waals surface area contributed by atoms with Crippen LogP contribution in [-0.4, -0.2) is 29.3 Å². The summed E-state index contributed by atoms with van der Waals surface area (Å²) < 4.78 is 5.10. The van der Waals surface area contributed by atoms with Gasteiger partial charge >= 0.3 is 12.1 Å². The Morgan fingerprint density at radius 1 is 1.35 bits per heavy atom. The number of carboxylic acids is 1. The van der Waals surface area contributed by atoms with Gasteiger partial charge in [-0.1, -0.05) is 11.8 Å². The van der Waals surface area contributed by atoms with Crippen molar-refractivity contribution in [1.29, 1.82) is 0 Å². The second-order valence-corrected chi connectivity index (χ2v) is 6.06. The lowest BCUT2D eigenvalue weighted by atomic mass is 10.0. The maximum Gasteiger partial charge on any atom is 0.407 e. The van der Waals surface area contributed by atoms with E-state index in [-0.39, 0.29) is 11.3 Å². The molecule has 0 saturated heterocycles. The number of nitrogens with two attached hydrogens (primary N) is 1. The number of alkyl carbamates (subject to hydrolysis) is 1. The van der Waals surface area contributed by atoms with Crippen LogP contribution in [0.2, 0.25) is 0 Å². The average Bonchev–Trinajstić information content (AvgIpc) is 2.39. The topological polar surface area (TPSA) is 102 Å². The van der Waals surface area contributed by atoms with Crippen molar-refractivity contribution < 1.29 is 19.4 Å². The molecule has 4 N–H and O–H groups in total. The van der Waals surface area contributed by atoms with Crippen LogP contribution < -0.4 is 11.1 Å². The van der Waals surface area contributed by atoms with E-state index in [4.69, 9.17) is 15.6 Å². The first kappa shape index (κ1) is 18.4. The van der Waals surface area contributed by atoms with Gasteiger partial charge < -0.3 is 20.9 Å². The number of carbonyl (C=O) groups excluding carboxylic acids is 1. The SMILES string of the molecule is Cc1cc(C#CCCNC(=O)OC(C)(C)C)c(N)c(C(=O)O)c1. The molecule has 1 aromatic carbocycles. The Kier molecular flexibility index (Phi) is 6.02. The first-order valence-corrected chi connectivity index (χ1v) is 7.19. The molecular weight excluding hydrogens is 296 g/mol. The highest BCUT2D eigenvalue weighted by atomic mass is 16.6. The zero-order chi connectivity index (χ0) is 17.6. The van der Waals surface area contributed by atoms with Crippen LogP contribution in [0.25, 0.3) is 0 Å². The van der Waals surface area contributed by atoms with Crippen molar-refractivity contribution in [2.24, 2.45) is 0 Å². The van der Waals surface area contributed by atoms with Gasteiger partial charge in [0.05, 0.1) is 11.3 Å². The van der Waals surface area contributed by atoms with Crippen molar-refractivity contribution in [3.63, 3.8) is 0 Å². The molecule has 0 spiro atoms. The molecule has 0 aliphatic heterocycles. The summed E-state index contributed by atoms with van der Waals surface area (Å²) in [5.41, 5.74) is 6.70. The van der Waals surface area contributed by atoms with Crippen LogP contribution in [0, 0.1) is 18.8 Å². The second kappa shape index (κ2) is 7.54. The minimum absolute atomic E-state index is 0.0428. The number of benzene rings is 1. The van der Waals surface area contributed by atoms with Gasteiger partial charge in [0.2, 0.25) is 0 Å². The Hall–Kier alpha value is -2.68.